The van der Waals surface area contributed by atoms with Gasteiger partial charge in [0.05, 0.1) is 11.9 Å². The van der Waals surface area contributed by atoms with Crippen LogP contribution in [0, 0.1) is 12.7 Å². The second kappa shape index (κ2) is 11.1. The van der Waals surface area contributed by atoms with E-state index in [9.17, 15) is 22.4 Å². The molecule has 174 valence electrons. The number of hydrogen-bond donors (Lipinski definition) is 1. The molecule has 1 atom stereocenters. The van der Waals surface area contributed by atoms with Crippen LogP contribution in [0.15, 0.2) is 48.5 Å². The molecule has 32 heavy (non-hydrogen) atoms. The summed E-state index contributed by atoms with van der Waals surface area (Å²) < 4.78 is 40.0. The summed E-state index contributed by atoms with van der Waals surface area (Å²) in [6.45, 7) is 3.53. The lowest BCUT2D eigenvalue weighted by atomic mass is 10.1. The van der Waals surface area contributed by atoms with Gasteiger partial charge in [-0.1, -0.05) is 35.9 Å². The Balaban J connectivity index is 2.14. The maximum atomic E-state index is 14.2. The van der Waals surface area contributed by atoms with E-state index in [0.29, 0.717) is 11.3 Å². The molecule has 0 aromatic heterocycles. The van der Waals surface area contributed by atoms with Gasteiger partial charge in [0.2, 0.25) is 21.8 Å². The summed E-state index contributed by atoms with van der Waals surface area (Å²) >= 11 is 0. The smallest absolute Gasteiger partial charge is 0.242 e. The molecule has 2 rings (SSSR count). The van der Waals surface area contributed by atoms with Gasteiger partial charge >= 0.3 is 0 Å². The molecule has 2 aromatic carbocycles. The van der Waals surface area contributed by atoms with Gasteiger partial charge in [-0.05, 0) is 38.5 Å². The number of benzene rings is 2. The highest BCUT2D eigenvalue weighted by molar-refractivity contribution is 7.92. The molecule has 0 fully saturated rings. The fraction of sp³-hybridized carbons (Fsp3) is 0.391. The van der Waals surface area contributed by atoms with Gasteiger partial charge in [0.15, 0.2) is 0 Å². The van der Waals surface area contributed by atoms with Crippen LogP contribution in [0.1, 0.15) is 30.9 Å². The summed E-state index contributed by atoms with van der Waals surface area (Å²) in [5.41, 5.74) is 1.82. The maximum Gasteiger partial charge on any atom is 0.242 e. The highest BCUT2D eigenvalue weighted by atomic mass is 32.2. The minimum Gasteiger partial charge on any atom is -0.357 e. The van der Waals surface area contributed by atoms with E-state index in [1.807, 2.05) is 19.1 Å². The molecule has 0 aliphatic carbocycles. The molecule has 0 aliphatic rings. The van der Waals surface area contributed by atoms with E-state index in [1.165, 1.54) is 22.3 Å². The van der Waals surface area contributed by atoms with Crippen LogP contribution in [0.4, 0.5) is 10.1 Å². The van der Waals surface area contributed by atoms with Crippen LogP contribution < -0.4 is 9.62 Å². The third-order valence-electron chi connectivity index (χ3n) is 5.19. The van der Waals surface area contributed by atoms with Gasteiger partial charge in [-0.3, -0.25) is 13.9 Å². The Kier molecular flexibility index (Phi) is 8.77. The van der Waals surface area contributed by atoms with Crippen LogP contribution in [0.5, 0.6) is 0 Å². The molecular weight excluding hydrogens is 433 g/mol. The number of hydrogen-bond acceptors (Lipinski definition) is 4. The van der Waals surface area contributed by atoms with Gasteiger partial charge in [-0.15, -0.1) is 0 Å². The number of sulfonamides is 1. The lowest BCUT2D eigenvalue weighted by Crippen LogP contribution is -2.47. The number of carbonyl (C=O) groups excluding carboxylic acids is 2. The monoisotopic (exact) mass is 463 g/mol. The lowest BCUT2D eigenvalue weighted by Gasteiger charge is -2.29. The number of rotatable bonds is 10. The predicted octanol–water partition coefficient (Wildman–Crippen LogP) is 2.84. The molecule has 2 aromatic rings. The summed E-state index contributed by atoms with van der Waals surface area (Å²) in [5.74, 6) is -1.19. The SMILES string of the molecule is CNC(=O)C(C)N(Cc1ccccc1F)C(=O)CCCN(c1ccc(C)cc1)S(C)(=O)=O. The zero-order valence-corrected chi connectivity index (χ0v) is 19.7. The second-order valence-electron chi connectivity index (χ2n) is 7.68. The van der Waals surface area contributed by atoms with E-state index in [2.05, 4.69) is 5.32 Å². The van der Waals surface area contributed by atoms with E-state index in [4.69, 9.17) is 0 Å². The third-order valence-corrected chi connectivity index (χ3v) is 6.38. The van der Waals surface area contributed by atoms with Crippen molar-refractivity contribution in [1.82, 2.24) is 10.2 Å². The summed E-state index contributed by atoms with van der Waals surface area (Å²) in [6.07, 6.45) is 1.37. The molecule has 0 bridgehead atoms. The second-order valence-corrected chi connectivity index (χ2v) is 9.58. The Morgan fingerprint density at radius 3 is 2.28 bits per heavy atom. The highest BCUT2D eigenvalue weighted by Gasteiger charge is 2.26. The topological polar surface area (TPSA) is 86.8 Å². The van der Waals surface area contributed by atoms with Crippen LogP contribution in [0.25, 0.3) is 0 Å². The van der Waals surface area contributed by atoms with Crippen LogP contribution >= 0.6 is 0 Å². The summed E-state index contributed by atoms with van der Waals surface area (Å²) in [7, 11) is -2.07. The maximum absolute atomic E-state index is 14.2. The molecule has 1 unspecified atom stereocenters. The van der Waals surface area contributed by atoms with E-state index in [0.717, 1.165) is 11.8 Å². The third kappa shape index (κ3) is 6.78. The number of carbonyl (C=O) groups is 2. The van der Waals surface area contributed by atoms with Crippen molar-refractivity contribution in [3.63, 3.8) is 0 Å². The quantitative estimate of drug-likeness (QED) is 0.587. The van der Waals surface area contributed by atoms with Crippen molar-refractivity contribution in [2.24, 2.45) is 0 Å². The van der Waals surface area contributed by atoms with Gasteiger partial charge in [0, 0.05) is 32.1 Å². The first-order chi connectivity index (χ1) is 15.0. The number of anilines is 1. The average Bonchev–Trinajstić information content (AvgIpc) is 2.75. The minimum absolute atomic E-state index is 0.00761. The van der Waals surface area contributed by atoms with E-state index in [-0.39, 0.29) is 37.7 Å². The summed E-state index contributed by atoms with van der Waals surface area (Å²) in [4.78, 5) is 26.5. The van der Waals surface area contributed by atoms with Crippen molar-refractivity contribution in [2.45, 2.75) is 39.3 Å². The Hall–Kier alpha value is -2.94. The first-order valence-electron chi connectivity index (χ1n) is 10.3. The van der Waals surface area contributed by atoms with E-state index < -0.39 is 21.9 Å². The first-order valence-corrected chi connectivity index (χ1v) is 12.2. The number of aryl methyl sites for hydroxylation is 1. The van der Waals surface area contributed by atoms with Crippen molar-refractivity contribution >= 4 is 27.5 Å². The van der Waals surface area contributed by atoms with Crippen LogP contribution in [-0.2, 0) is 26.2 Å². The van der Waals surface area contributed by atoms with Gasteiger partial charge in [-0.2, -0.15) is 0 Å². The molecule has 0 saturated heterocycles. The van der Waals surface area contributed by atoms with Crippen molar-refractivity contribution in [1.29, 1.82) is 0 Å². The molecular formula is C23H30FN3O4S. The molecule has 0 radical (unpaired) electrons. The predicted molar refractivity (Wildman–Crippen MR) is 123 cm³/mol. The molecule has 9 heteroatoms. The van der Waals surface area contributed by atoms with E-state index >= 15 is 0 Å². The molecule has 1 N–H and O–H groups in total. The van der Waals surface area contributed by atoms with Crippen molar-refractivity contribution < 1.29 is 22.4 Å². The number of nitrogens with zero attached hydrogens (tertiary/aromatic N) is 2. The summed E-state index contributed by atoms with van der Waals surface area (Å²) in [6, 6.07) is 12.3. The Morgan fingerprint density at radius 2 is 1.72 bits per heavy atom. The average molecular weight is 464 g/mol. The van der Waals surface area contributed by atoms with Gasteiger partial charge in [0.1, 0.15) is 11.9 Å². The molecule has 2 amide bonds. The first kappa shape index (κ1) is 25.3. The number of amides is 2. The summed E-state index contributed by atoms with van der Waals surface area (Å²) in [5, 5.41) is 2.51. The Bertz CT molecular complexity index is 1040. The zero-order chi connectivity index (χ0) is 23.9. The minimum atomic E-state index is -3.54. The molecule has 7 nitrogen and oxygen atoms in total. The van der Waals surface area contributed by atoms with Gasteiger partial charge in [-0.25, -0.2) is 12.8 Å². The molecule has 0 aliphatic heterocycles. The Morgan fingerprint density at radius 1 is 1.09 bits per heavy atom. The fourth-order valence-corrected chi connectivity index (χ4v) is 4.28. The molecule has 0 spiro atoms. The fourth-order valence-electron chi connectivity index (χ4n) is 3.32. The molecule has 0 saturated carbocycles. The van der Waals surface area contributed by atoms with Crippen LogP contribution in [0.2, 0.25) is 0 Å². The van der Waals surface area contributed by atoms with Crippen molar-refractivity contribution in [2.75, 3.05) is 24.2 Å². The van der Waals surface area contributed by atoms with Crippen molar-refractivity contribution in [3.05, 3.63) is 65.5 Å². The molecule has 0 heterocycles. The van der Waals surface area contributed by atoms with E-state index in [1.54, 1.807) is 37.3 Å². The van der Waals surface area contributed by atoms with Gasteiger partial charge in [0.25, 0.3) is 0 Å². The normalized spacial score (nSPS) is 12.2. The highest BCUT2D eigenvalue weighted by Crippen LogP contribution is 2.20. The largest absolute Gasteiger partial charge is 0.357 e. The van der Waals surface area contributed by atoms with Crippen LogP contribution in [0.3, 0.4) is 0 Å². The van der Waals surface area contributed by atoms with Crippen molar-refractivity contribution in [3.8, 4) is 0 Å². The van der Waals surface area contributed by atoms with Crippen LogP contribution in [-0.4, -0.2) is 51.0 Å². The number of nitrogens with one attached hydrogen (secondary N) is 1. The zero-order valence-electron chi connectivity index (χ0n) is 18.8. The number of halogens is 1. The standard InChI is InChI=1S/C23H30FN3O4S/c1-17-11-13-20(14-12-17)27(32(4,30)31)15-7-10-22(28)26(18(2)23(29)25-3)16-19-8-5-6-9-21(19)24/h5-6,8-9,11-14,18H,7,10,15-16H2,1-4H3,(H,25,29). The Labute approximate surface area is 189 Å². The number of likely N-dealkylation sites (N-methyl/N-ethyl adjacent to an activating group) is 1. The van der Waals surface area contributed by atoms with Gasteiger partial charge < -0.3 is 10.2 Å². The lowest BCUT2D eigenvalue weighted by molar-refractivity contribution is -0.140.